The van der Waals surface area contributed by atoms with Crippen LogP contribution in [0.4, 0.5) is 5.69 Å². The fourth-order valence-corrected chi connectivity index (χ4v) is 2.70. The molecule has 1 aliphatic rings. The zero-order valence-electron chi connectivity index (χ0n) is 10.4. The van der Waals surface area contributed by atoms with Crippen molar-refractivity contribution in [1.29, 1.82) is 0 Å². The molecule has 19 heavy (non-hydrogen) atoms. The number of nitro benzene ring substituents is 1. The molecule has 1 saturated heterocycles. The molecule has 1 aliphatic heterocycles. The van der Waals surface area contributed by atoms with Gasteiger partial charge >= 0.3 is 0 Å². The minimum absolute atomic E-state index is 0.0763. The second-order valence-corrected chi connectivity index (χ2v) is 5.24. The highest BCUT2D eigenvalue weighted by atomic mass is 79.9. The van der Waals surface area contributed by atoms with Crippen LogP contribution in [-0.2, 0) is 0 Å². The third kappa shape index (κ3) is 2.76. The monoisotopic (exact) mass is 327 g/mol. The van der Waals surface area contributed by atoms with E-state index in [1.54, 1.807) is 11.0 Å². The van der Waals surface area contributed by atoms with Gasteiger partial charge in [-0.1, -0.05) is 6.07 Å². The van der Waals surface area contributed by atoms with Crippen LogP contribution in [0.25, 0.3) is 0 Å². The summed E-state index contributed by atoms with van der Waals surface area (Å²) in [7, 11) is 0. The minimum Gasteiger partial charge on any atom is -0.333 e. The number of carbonyl (C=O) groups excluding carboxylic acids is 1. The SMILES string of the molecule is C[C@@H]1CNCCN1C(=O)c1cccc([N+](=O)[O-])c1Br. The molecule has 0 radical (unpaired) electrons. The van der Waals surface area contributed by atoms with Crippen LogP contribution in [0, 0.1) is 10.1 Å². The molecule has 0 saturated carbocycles. The van der Waals surface area contributed by atoms with Gasteiger partial charge in [0.25, 0.3) is 11.6 Å². The van der Waals surface area contributed by atoms with Crippen molar-refractivity contribution in [2.24, 2.45) is 0 Å². The van der Waals surface area contributed by atoms with Crippen molar-refractivity contribution in [3.8, 4) is 0 Å². The molecule has 0 unspecified atom stereocenters. The van der Waals surface area contributed by atoms with Crippen molar-refractivity contribution >= 4 is 27.5 Å². The van der Waals surface area contributed by atoms with Gasteiger partial charge in [0.15, 0.2) is 0 Å². The quantitative estimate of drug-likeness (QED) is 0.663. The zero-order chi connectivity index (χ0) is 14.0. The maximum Gasteiger partial charge on any atom is 0.284 e. The summed E-state index contributed by atoms with van der Waals surface area (Å²) >= 11 is 3.16. The summed E-state index contributed by atoms with van der Waals surface area (Å²) in [5.41, 5.74) is 0.247. The summed E-state index contributed by atoms with van der Waals surface area (Å²) in [6.45, 7) is 4.03. The summed E-state index contributed by atoms with van der Waals surface area (Å²) < 4.78 is 0.246. The molecule has 6 nitrogen and oxygen atoms in total. The van der Waals surface area contributed by atoms with Gasteiger partial charge in [-0.15, -0.1) is 0 Å². The van der Waals surface area contributed by atoms with Gasteiger partial charge in [-0.2, -0.15) is 0 Å². The van der Waals surface area contributed by atoms with E-state index >= 15 is 0 Å². The van der Waals surface area contributed by atoms with Crippen LogP contribution < -0.4 is 5.32 Å². The Morgan fingerprint density at radius 3 is 2.95 bits per heavy atom. The summed E-state index contributed by atoms with van der Waals surface area (Å²) in [6, 6.07) is 4.59. The number of hydrogen-bond acceptors (Lipinski definition) is 4. The largest absolute Gasteiger partial charge is 0.333 e. The van der Waals surface area contributed by atoms with Crippen LogP contribution in [0.2, 0.25) is 0 Å². The molecule has 102 valence electrons. The molecule has 0 aromatic heterocycles. The average Bonchev–Trinajstić information content (AvgIpc) is 2.38. The smallest absolute Gasteiger partial charge is 0.284 e. The number of carbonyl (C=O) groups is 1. The lowest BCUT2D eigenvalue weighted by Crippen LogP contribution is -2.52. The Balaban J connectivity index is 2.33. The van der Waals surface area contributed by atoms with E-state index in [-0.39, 0.29) is 22.1 Å². The standard InChI is InChI=1S/C12H14BrN3O3/c1-8-7-14-5-6-15(8)12(17)9-3-2-4-10(11(9)13)16(18)19/h2-4,8,14H,5-7H2,1H3/t8-/m1/s1. The number of piperazine rings is 1. The average molecular weight is 328 g/mol. The van der Waals surface area contributed by atoms with E-state index in [9.17, 15) is 14.9 Å². The van der Waals surface area contributed by atoms with Gasteiger partial charge in [-0.05, 0) is 28.9 Å². The van der Waals surface area contributed by atoms with Crippen molar-refractivity contribution in [2.45, 2.75) is 13.0 Å². The fourth-order valence-electron chi connectivity index (χ4n) is 2.12. The highest BCUT2D eigenvalue weighted by molar-refractivity contribution is 9.10. The first-order valence-corrected chi connectivity index (χ1v) is 6.76. The topological polar surface area (TPSA) is 75.5 Å². The lowest BCUT2D eigenvalue weighted by Gasteiger charge is -2.34. The third-order valence-corrected chi connectivity index (χ3v) is 4.00. The molecule has 1 fully saturated rings. The van der Waals surface area contributed by atoms with Gasteiger partial charge in [-0.3, -0.25) is 14.9 Å². The predicted molar refractivity (Wildman–Crippen MR) is 74.2 cm³/mol. The Labute approximate surface area is 119 Å². The lowest BCUT2D eigenvalue weighted by atomic mass is 10.1. The number of benzene rings is 1. The van der Waals surface area contributed by atoms with Crippen molar-refractivity contribution in [1.82, 2.24) is 10.2 Å². The molecular formula is C12H14BrN3O3. The number of rotatable bonds is 2. The van der Waals surface area contributed by atoms with Gasteiger partial charge in [0.2, 0.25) is 0 Å². The van der Waals surface area contributed by atoms with E-state index in [0.29, 0.717) is 12.1 Å². The second kappa shape index (κ2) is 5.66. The number of nitrogens with zero attached hydrogens (tertiary/aromatic N) is 2. The predicted octanol–water partition coefficient (Wildman–Crippen LogP) is 1.79. The number of amides is 1. The Bertz CT molecular complexity index is 521. The highest BCUT2D eigenvalue weighted by Crippen LogP contribution is 2.29. The van der Waals surface area contributed by atoms with E-state index in [2.05, 4.69) is 21.2 Å². The summed E-state index contributed by atoms with van der Waals surface area (Å²) in [5.74, 6) is -0.176. The van der Waals surface area contributed by atoms with E-state index < -0.39 is 4.92 Å². The second-order valence-electron chi connectivity index (χ2n) is 4.45. The Hall–Kier alpha value is -1.47. The molecule has 1 amide bonds. The molecule has 1 atom stereocenters. The molecule has 0 bridgehead atoms. The molecule has 7 heteroatoms. The first kappa shape index (κ1) is 14.0. The zero-order valence-corrected chi connectivity index (χ0v) is 12.0. The third-order valence-electron chi connectivity index (χ3n) is 3.17. The molecule has 1 aromatic rings. The summed E-state index contributed by atoms with van der Waals surface area (Å²) in [6.07, 6.45) is 0. The maximum atomic E-state index is 12.5. The van der Waals surface area contributed by atoms with Gasteiger partial charge in [-0.25, -0.2) is 0 Å². The van der Waals surface area contributed by atoms with Gasteiger partial charge < -0.3 is 10.2 Å². The lowest BCUT2D eigenvalue weighted by molar-refractivity contribution is -0.385. The van der Waals surface area contributed by atoms with Crippen LogP contribution >= 0.6 is 15.9 Å². The van der Waals surface area contributed by atoms with E-state index in [1.807, 2.05) is 6.92 Å². The minimum atomic E-state index is -0.498. The molecule has 1 N–H and O–H groups in total. The van der Waals surface area contributed by atoms with E-state index in [1.165, 1.54) is 12.1 Å². The summed E-state index contributed by atoms with van der Waals surface area (Å²) in [4.78, 5) is 24.6. The fraction of sp³-hybridized carbons (Fsp3) is 0.417. The number of nitro groups is 1. The van der Waals surface area contributed by atoms with Crippen molar-refractivity contribution in [3.05, 3.63) is 38.3 Å². The van der Waals surface area contributed by atoms with E-state index in [4.69, 9.17) is 0 Å². The first-order chi connectivity index (χ1) is 9.02. The Kier molecular flexibility index (Phi) is 4.16. The van der Waals surface area contributed by atoms with Gasteiger partial charge in [0, 0.05) is 31.7 Å². The van der Waals surface area contributed by atoms with Crippen LogP contribution in [0.15, 0.2) is 22.7 Å². The van der Waals surface area contributed by atoms with Crippen LogP contribution in [0.1, 0.15) is 17.3 Å². The maximum absolute atomic E-state index is 12.5. The number of hydrogen-bond donors (Lipinski definition) is 1. The normalized spacial score (nSPS) is 19.3. The molecule has 2 rings (SSSR count). The summed E-state index contributed by atoms with van der Waals surface area (Å²) in [5, 5.41) is 14.1. The van der Waals surface area contributed by atoms with E-state index in [0.717, 1.165) is 13.1 Å². The molecule has 0 spiro atoms. The molecule has 1 aromatic carbocycles. The highest BCUT2D eigenvalue weighted by Gasteiger charge is 2.27. The Morgan fingerprint density at radius 2 is 2.32 bits per heavy atom. The van der Waals surface area contributed by atoms with Gasteiger partial charge in [0.05, 0.1) is 10.5 Å². The van der Waals surface area contributed by atoms with Crippen molar-refractivity contribution < 1.29 is 9.72 Å². The molecule has 1 heterocycles. The van der Waals surface area contributed by atoms with Crippen molar-refractivity contribution in [3.63, 3.8) is 0 Å². The number of halogens is 1. The molecular weight excluding hydrogens is 314 g/mol. The Morgan fingerprint density at radius 1 is 1.58 bits per heavy atom. The first-order valence-electron chi connectivity index (χ1n) is 5.97. The van der Waals surface area contributed by atoms with Crippen LogP contribution in [-0.4, -0.2) is 41.4 Å². The van der Waals surface area contributed by atoms with Crippen LogP contribution in [0.3, 0.4) is 0 Å². The number of nitrogens with one attached hydrogen (secondary N) is 1. The molecule has 0 aliphatic carbocycles. The van der Waals surface area contributed by atoms with Crippen LogP contribution in [0.5, 0.6) is 0 Å². The van der Waals surface area contributed by atoms with Gasteiger partial charge in [0.1, 0.15) is 4.47 Å². The van der Waals surface area contributed by atoms with Crippen molar-refractivity contribution in [2.75, 3.05) is 19.6 Å².